The number of hydrogen-bond acceptors (Lipinski definition) is 0. The smallest absolute Gasteiger partial charge is 0.0253 e. The summed E-state index contributed by atoms with van der Waals surface area (Å²) in [6.07, 6.45) is 0. The van der Waals surface area contributed by atoms with E-state index in [-0.39, 0.29) is 0 Å². The van der Waals surface area contributed by atoms with Crippen molar-refractivity contribution >= 4 is 96.5 Å². The third-order valence-electron chi connectivity index (χ3n) is 11.1. The maximum absolute atomic E-state index is 3.87. The molecule has 0 heterocycles. The van der Waals surface area contributed by atoms with Gasteiger partial charge in [-0.25, -0.2) is 0 Å². The molecule has 0 aromatic heterocycles. The predicted octanol–water partition coefficient (Wildman–Crippen LogP) is 15.7. The van der Waals surface area contributed by atoms with E-state index in [2.05, 4.69) is 202 Å². The Bertz CT molecular complexity index is 2910. The minimum atomic E-state index is 1.10. The number of rotatable bonds is 4. The van der Waals surface area contributed by atoms with Crippen molar-refractivity contribution in [2.45, 2.75) is 0 Å². The molecule has 0 atom stereocenters. The lowest BCUT2D eigenvalue weighted by molar-refractivity contribution is 1.62. The normalized spacial score (nSPS) is 12.0. The molecule has 0 fully saturated rings. The fraction of sp³-hybridized carbons (Fsp3) is 0. The molecule has 0 aliphatic carbocycles. The van der Waals surface area contributed by atoms with Crippen molar-refractivity contribution in [3.8, 4) is 44.5 Å². The molecular formula is C50H28Br2. The van der Waals surface area contributed by atoms with E-state index in [1.807, 2.05) is 0 Å². The van der Waals surface area contributed by atoms with E-state index in [1.165, 1.54) is 109 Å². The molecule has 0 nitrogen and oxygen atoms in total. The highest BCUT2D eigenvalue weighted by molar-refractivity contribution is 9.11. The molecule has 52 heavy (non-hydrogen) atoms. The summed E-state index contributed by atoms with van der Waals surface area (Å²) in [6, 6.07) is 62.5. The van der Waals surface area contributed by atoms with Gasteiger partial charge in [-0.15, -0.1) is 0 Å². The number of fused-ring (bicyclic) bond motifs is 6. The second kappa shape index (κ2) is 11.5. The lowest BCUT2D eigenvalue weighted by atomic mass is 9.87. The van der Waals surface area contributed by atoms with E-state index in [0.717, 1.165) is 8.95 Å². The molecule has 11 aromatic rings. The minimum Gasteiger partial charge on any atom is -0.0622 e. The summed E-state index contributed by atoms with van der Waals surface area (Å²) in [5, 5.41) is 15.7. The Morgan fingerprint density at radius 3 is 0.981 bits per heavy atom. The Labute approximate surface area is 317 Å². The van der Waals surface area contributed by atoms with Crippen molar-refractivity contribution in [3.63, 3.8) is 0 Å². The highest BCUT2D eigenvalue weighted by Crippen LogP contribution is 2.56. The Balaban J connectivity index is 1.42. The first-order valence-corrected chi connectivity index (χ1v) is 19.2. The first kappa shape index (κ1) is 30.1. The molecule has 0 aliphatic heterocycles. The van der Waals surface area contributed by atoms with Crippen molar-refractivity contribution < 1.29 is 0 Å². The molecule has 0 N–H and O–H groups in total. The third kappa shape index (κ3) is 4.14. The molecule has 0 aliphatic rings. The minimum absolute atomic E-state index is 1.10. The zero-order chi connectivity index (χ0) is 34.5. The van der Waals surface area contributed by atoms with E-state index in [1.54, 1.807) is 0 Å². The molecular weight excluding hydrogens is 760 g/mol. The average molecular weight is 789 g/mol. The zero-order valence-corrected chi connectivity index (χ0v) is 31.1. The maximum Gasteiger partial charge on any atom is 0.0253 e. The van der Waals surface area contributed by atoms with Gasteiger partial charge in [0.25, 0.3) is 0 Å². The van der Waals surface area contributed by atoms with E-state index in [9.17, 15) is 0 Å². The van der Waals surface area contributed by atoms with Crippen molar-refractivity contribution in [3.05, 3.63) is 179 Å². The Morgan fingerprint density at radius 1 is 0.231 bits per heavy atom. The van der Waals surface area contributed by atoms with Crippen LogP contribution in [0.25, 0.3) is 109 Å². The van der Waals surface area contributed by atoms with Gasteiger partial charge < -0.3 is 0 Å². The van der Waals surface area contributed by atoms with Gasteiger partial charge in [0.15, 0.2) is 0 Å². The van der Waals surface area contributed by atoms with Gasteiger partial charge in [-0.1, -0.05) is 190 Å². The number of halogens is 2. The maximum atomic E-state index is 3.87. The van der Waals surface area contributed by atoms with Gasteiger partial charge in [0.05, 0.1) is 0 Å². The summed E-state index contributed by atoms with van der Waals surface area (Å²) < 4.78 is 2.21. The number of hydrogen-bond donors (Lipinski definition) is 0. The van der Waals surface area contributed by atoms with Crippen LogP contribution in [-0.4, -0.2) is 0 Å². The van der Waals surface area contributed by atoms with Gasteiger partial charge in [0.1, 0.15) is 0 Å². The van der Waals surface area contributed by atoms with Crippen molar-refractivity contribution in [1.82, 2.24) is 0 Å². The molecule has 242 valence electrons. The van der Waals surface area contributed by atoms with E-state index in [0.29, 0.717) is 0 Å². The average Bonchev–Trinajstić information content (AvgIpc) is 3.70. The molecule has 0 radical (unpaired) electrons. The van der Waals surface area contributed by atoms with Gasteiger partial charge in [0, 0.05) is 8.95 Å². The van der Waals surface area contributed by atoms with Crippen LogP contribution in [0.15, 0.2) is 179 Å². The monoisotopic (exact) mass is 786 g/mol. The van der Waals surface area contributed by atoms with Crippen LogP contribution in [0.3, 0.4) is 0 Å². The summed E-state index contributed by atoms with van der Waals surface area (Å²) in [5.74, 6) is 0. The van der Waals surface area contributed by atoms with Gasteiger partial charge in [-0.3, -0.25) is 0 Å². The summed E-state index contributed by atoms with van der Waals surface area (Å²) in [5.41, 5.74) is 9.99. The van der Waals surface area contributed by atoms with E-state index in [4.69, 9.17) is 0 Å². The van der Waals surface area contributed by atoms with Crippen molar-refractivity contribution in [2.75, 3.05) is 0 Å². The van der Waals surface area contributed by atoms with Crippen LogP contribution in [0.2, 0.25) is 0 Å². The summed E-state index contributed by atoms with van der Waals surface area (Å²) >= 11 is 7.74. The summed E-state index contributed by atoms with van der Waals surface area (Å²) in [7, 11) is 0. The lowest BCUT2D eigenvalue weighted by Gasteiger charge is -2.15. The van der Waals surface area contributed by atoms with Crippen LogP contribution in [0, 0.1) is 0 Å². The highest BCUT2D eigenvalue weighted by atomic mass is 79.9. The van der Waals surface area contributed by atoms with Gasteiger partial charge in [0.2, 0.25) is 0 Å². The Morgan fingerprint density at radius 2 is 0.577 bits per heavy atom. The number of benzene rings is 9. The topological polar surface area (TPSA) is 0 Å². The van der Waals surface area contributed by atoms with E-state index >= 15 is 0 Å². The van der Waals surface area contributed by atoms with Gasteiger partial charge >= 0.3 is 0 Å². The molecule has 11 aromatic carbocycles. The fourth-order valence-corrected chi connectivity index (χ4v) is 10.1. The largest absolute Gasteiger partial charge is 0.0622 e. The second-order valence-electron chi connectivity index (χ2n) is 13.7. The van der Waals surface area contributed by atoms with Crippen LogP contribution in [-0.2, 0) is 0 Å². The summed E-state index contributed by atoms with van der Waals surface area (Å²) in [6.45, 7) is 0. The third-order valence-corrected chi connectivity index (χ3v) is 12.5. The zero-order valence-electron chi connectivity index (χ0n) is 27.9. The standard InChI is InChI=1S/C50H28Br2/c51-41-23-9-7-17-33(41)31-25-27-39-45-35(31)19-11-21-37(45)47-43(29-13-3-1-4-14-29)48-38-22-12-20-36-32(34-18-8-10-24-42(34)52)26-28-40(46(36)38)50(48)44(49(39)47)30-15-5-2-6-16-30/h1-28H. The second-order valence-corrected chi connectivity index (χ2v) is 15.4. The molecule has 11 rings (SSSR count). The van der Waals surface area contributed by atoms with Crippen LogP contribution in [0.1, 0.15) is 0 Å². The summed E-state index contributed by atoms with van der Waals surface area (Å²) in [4.78, 5) is 0. The quantitative estimate of drug-likeness (QED) is 0.167. The van der Waals surface area contributed by atoms with Gasteiger partial charge in [-0.05, 0) is 121 Å². The first-order valence-electron chi connectivity index (χ1n) is 17.7. The SMILES string of the molecule is Brc1ccccc1-c1ccc2c3c(-c4ccccc4)c4c5ccc(-c6ccccc6Br)c6cccc(c4c(-c4ccccc4)c3c3cccc1c32)c65. The predicted molar refractivity (Wildman–Crippen MR) is 231 cm³/mol. The molecule has 0 saturated heterocycles. The van der Waals surface area contributed by atoms with Crippen LogP contribution >= 0.6 is 31.9 Å². The highest BCUT2D eigenvalue weighted by Gasteiger charge is 2.28. The fourth-order valence-electron chi connectivity index (χ4n) is 9.09. The van der Waals surface area contributed by atoms with Crippen LogP contribution < -0.4 is 0 Å². The molecule has 0 bridgehead atoms. The van der Waals surface area contributed by atoms with Crippen LogP contribution in [0.4, 0.5) is 0 Å². The molecule has 0 spiro atoms. The molecule has 0 unspecified atom stereocenters. The molecule has 0 amide bonds. The molecule has 0 saturated carbocycles. The first-order chi connectivity index (χ1) is 25.7. The van der Waals surface area contributed by atoms with Crippen molar-refractivity contribution in [1.29, 1.82) is 0 Å². The van der Waals surface area contributed by atoms with Crippen molar-refractivity contribution in [2.24, 2.45) is 0 Å². The molecule has 2 heteroatoms. The van der Waals surface area contributed by atoms with Gasteiger partial charge in [-0.2, -0.15) is 0 Å². The lowest BCUT2D eigenvalue weighted by Crippen LogP contribution is -1.87. The van der Waals surface area contributed by atoms with Crippen LogP contribution in [0.5, 0.6) is 0 Å². The van der Waals surface area contributed by atoms with E-state index < -0.39 is 0 Å². The Kier molecular flexibility index (Phi) is 6.65. The Hall–Kier alpha value is -5.54.